The van der Waals surface area contributed by atoms with E-state index >= 15 is 0 Å². The number of rotatable bonds is 0. The van der Waals surface area contributed by atoms with Crippen LogP contribution in [0.25, 0.3) is 0 Å². The van der Waals surface area contributed by atoms with Crippen LogP contribution in [0.5, 0.6) is 0 Å². The van der Waals surface area contributed by atoms with Gasteiger partial charge in [0, 0.05) is 0 Å². The predicted molar refractivity (Wildman–Crippen MR) is 56.3 cm³/mol. The summed E-state index contributed by atoms with van der Waals surface area (Å²) in [4.78, 5) is 4.34. The van der Waals surface area contributed by atoms with E-state index in [1.165, 1.54) is 0 Å². The summed E-state index contributed by atoms with van der Waals surface area (Å²) in [7, 11) is 12.5. The summed E-state index contributed by atoms with van der Waals surface area (Å²) in [6, 6.07) is 7.85. The first-order chi connectivity index (χ1) is 5.62. The SMILES string of the molecule is CC1=Nc2ccccc2[Te]1(Cl)Cl. The molecule has 0 unspecified atom stereocenters. The molecule has 1 nitrogen and oxygen atoms in total. The number of para-hydroxylation sites is 1. The van der Waals surface area contributed by atoms with Crippen molar-refractivity contribution in [1.82, 2.24) is 0 Å². The molecule has 12 heavy (non-hydrogen) atoms. The van der Waals surface area contributed by atoms with Crippen molar-refractivity contribution < 1.29 is 0 Å². The molecule has 1 aliphatic heterocycles. The standard InChI is InChI=1S/C8H7Cl2NTe/c1-6-11-7-4-2-3-5-8(7)12(6,9)10/h2-5H,1H3. The van der Waals surface area contributed by atoms with Gasteiger partial charge in [-0.25, -0.2) is 0 Å². The van der Waals surface area contributed by atoms with Crippen molar-refractivity contribution in [1.29, 1.82) is 0 Å². The van der Waals surface area contributed by atoms with Gasteiger partial charge in [-0.15, -0.1) is 0 Å². The van der Waals surface area contributed by atoms with Crippen LogP contribution < -0.4 is 3.61 Å². The Kier molecular flexibility index (Phi) is 2.13. The Balaban J connectivity index is 2.66. The molecule has 0 N–H and O–H groups in total. The van der Waals surface area contributed by atoms with Crippen molar-refractivity contribution >= 4 is 46.9 Å². The van der Waals surface area contributed by atoms with Crippen molar-refractivity contribution in [3.63, 3.8) is 0 Å². The van der Waals surface area contributed by atoms with Crippen LogP contribution in [0.3, 0.4) is 0 Å². The Labute approximate surface area is 82.7 Å². The number of benzene rings is 1. The Morgan fingerprint density at radius 1 is 1.25 bits per heavy atom. The van der Waals surface area contributed by atoms with E-state index in [1.54, 1.807) is 0 Å². The van der Waals surface area contributed by atoms with Gasteiger partial charge in [0.2, 0.25) is 0 Å². The van der Waals surface area contributed by atoms with Crippen molar-refractivity contribution in [2.75, 3.05) is 0 Å². The maximum absolute atomic E-state index is 6.27. The first-order valence-electron chi connectivity index (χ1n) is 3.49. The second-order valence-corrected chi connectivity index (χ2v) is 15.5. The van der Waals surface area contributed by atoms with E-state index in [0.717, 1.165) is 13.1 Å². The van der Waals surface area contributed by atoms with Crippen molar-refractivity contribution in [3.8, 4) is 0 Å². The molecule has 0 atom stereocenters. The van der Waals surface area contributed by atoms with Crippen LogP contribution >= 0.6 is 17.9 Å². The normalized spacial score (nSPS) is 21.4. The van der Waals surface area contributed by atoms with Crippen molar-refractivity contribution in [2.45, 2.75) is 6.92 Å². The molecular formula is C8H7Cl2NTe. The van der Waals surface area contributed by atoms with Crippen LogP contribution in [0.15, 0.2) is 29.3 Å². The van der Waals surface area contributed by atoms with Gasteiger partial charge in [-0.3, -0.25) is 0 Å². The molecule has 0 amide bonds. The number of aliphatic imine (C=N–C) groups is 1. The fraction of sp³-hybridized carbons (Fsp3) is 0.125. The molecule has 64 valence electrons. The first kappa shape index (κ1) is 8.84. The van der Waals surface area contributed by atoms with Crippen LogP contribution in [0.1, 0.15) is 6.92 Å². The van der Waals surface area contributed by atoms with E-state index < -0.39 is 15.9 Å². The molecule has 1 heterocycles. The van der Waals surface area contributed by atoms with E-state index in [9.17, 15) is 0 Å². The number of nitrogens with zero attached hydrogens (tertiary/aromatic N) is 1. The van der Waals surface area contributed by atoms with Gasteiger partial charge in [-0.2, -0.15) is 0 Å². The Bertz CT molecular complexity index is 360. The molecule has 0 fully saturated rings. The third-order valence-corrected chi connectivity index (χ3v) is 12.0. The third-order valence-electron chi connectivity index (χ3n) is 1.79. The Morgan fingerprint density at radius 2 is 1.92 bits per heavy atom. The fourth-order valence-corrected chi connectivity index (χ4v) is 6.67. The summed E-state index contributed by atoms with van der Waals surface area (Å²) >= 11 is -2.90. The zero-order valence-corrected chi connectivity index (χ0v) is 10.3. The van der Waals surface area contributed by atoms with Gasteiger partial charge in [0.1, 0.15) is 0 Å². The van der Waals surface area contributed by atoms with E-state index in [0.29, 0.717) is 0 Å². The summed E-state index contributed by atoms with van der Waals surface area (Å²) in [5.41, 5.74) is 0.959. The molecule has 0 aliphatic carbocycles. The summed E-state index contributed by atoms with van der Waals surface area (Å²) in [5, 5.41) is 0. The van der Waals surface area contributed by atoms with Gasteiger partial charge in [0.15, 0.2) is 0 Å². The van der Waals surface area contributed by atoms with Crippen LogP contribution in [-0.4, -0.2) is 19.7 Å². The quantitative estimate of drug-likeness (QED) is 0.652. The molecular weight excluding hydrogens is 309 g/mol. The summed E-state index contributed by atoms with van der Waals surface area (Å²) in [6.45, 7) is 1.92. The average Bonchev–Trinajstić information content (AvgIpc) is 2.25. The monoisotopic (exact) mass is 317 g/mol. The van der Waals surface area contributed by atoms with Crippen molar-refractivity contribution in [2.24, 2.45) is 4.99 Å². The molecule has 4 heteroatoms. The van der Waals surface area contributed by atoms with Gasteiger partial charge >= 0.3 is 83.1 Å². The fourth-order valence-electron chi connectivity index (χ4n) is 1.15. The molecule has 2 rings (SSSR count). The van der Waals surface area contributed by atoms with Crippen LogP contribution in [0.4, 0.5) is 5.69 Å². The first-order valence-corrected chi connectivity index (χ1v) is 11.7. The molecule has 1 aromatic carbocycles. The third kappa shape index (κ3) is 1.18. The number of fused-ring (bicyclic) bond motifs is 1. The predicted octanol–water partition coefficient (Wildman–Crippen LogP) is 2.46. The molecule has 0 radical (unpaired) electrons. The summed E-state index contributed by atoms with van der Waals surface area (Å²) in [6.07, 6.45) is 0. The molecule has 1 aromatic rings. The molecule has 0 saturated heterocycles. The molecule has 0 bridgehead atoms. The number of hydrogen-bond donors (Lipinski definition) is 0. The van der Waals surface area contributed by atoms with Gasteiger partial charge < -0.3 is 0 Å². The van der Waals surface area contributed by atoms with E-state index in [1.807, 2.05) is 31.2 Å². The summed E-state index contributed by atoms with van der Waals surface area (Å²) in [5.74, 6) is 0. The Morgan fingerprint density at radius 3 is 2.58 bits per heavy atom. The zero-order valence-electron chi connectivity index (χ0n) is 6.42. The number of hydrogen-bond acceptors (Lipinski definition) is 1. The zero-order chi connectivity index (χ0) is 8.77. The van der Waals surface area contributed by atoms with E-state index in [2.05, 4.69) is 4.99 Å². The van der Waals surface area contributed by atoms with Crippen LogP contribution in [0, 0.1) is 0 Å². The van der Waals surface area contributed by atoms with Crippen LogP contribution in [0.2, 0.25) is 0 Å². The second kappa shape index (κ2) is 2.89. The summed E-state index contributed by atoms with van der Waals surface area (Å²) < 4.78 is 2.00. The second-order valence-electron chi connectivity index (χ2n) is 2.57. The molecule has 0 saturated carbocycles. The number of halogens is 2. The minimum absolute atomic E-state index is 0.933. The molecule has 0 spiro atoms. The maximum atomic E-state index is 6.27. The Hall–Kier alpha value is 0.260. The van der Waals surface area contributed by atoms with Gasteiger partial charge in [0.25, 0.3) is 0 Å². The van der Waals surface area contributed by atoms with Gasteiger partial charge in [0.05, 0.1) is 0 Å². The van der Waals surface area contributed by atoms with Crippen molar-refractivity contribution in [3.05, 3.63) is 24.3 Å². The minimum atomic E-state index is -2.90. The molecule has 0 aromatic heterocycles. The van der Waals surface area contributed by atoms with Gasteiger partial charge in [-0.1, -0.05) is 0 Å². The average molecular weight is 316 g/mol. The topological polar surface area (TPSA) is 12.4 Å². The van der Waals surface area contributed by atoms with E-state index in [-0.39, 0.29) is 0 Å². The molecule has 1 aliphatic rings. The van der Waals surface area contributed by atoms with Gasteiger partial charge in [-0.05, 0) is 0 Å². The van der Waals surface area contributed by atoms with Crippen LogP contribution in [-0.2, 0) is 0 Å². The van der Waals surface area contributed by atoms with E-state index in [4.69, 9.17) is 17.9 Å².